The van der Waals surface area contributed by atoms with Gasteiger partial charge in [-0.15, -0.1) is 0 Å². The summed E-state index contributed by atoms with van der Waals surface area (Å²) in [5.41, 5.74) is 8.20. The maximum Gasteiger partial charge on any atom is 0.257 e. The number of hydrogen-bond donors (Lipinski definition) is 1. The molecule has 5 nitrogen and oxygen atoms in total. The Labute approximate surface area is 108 Å². The number of hydrogen-bond acceptors (Lipinski definition) is 3. The van der Waals surface area contributed by atoms with Gasteiger partial charge < -0.3 is 10.6 Å². The van der Waals surface area contributed by atoms with Crippen LogP contribution in [-0.2, 0) is 7.05 Å². The third kappa shape index (κ3) is 2.03. The van der Waals surface area contributed by atoms with Gasteiger partial charge in [-0.2, -0.15) is 5.10 Å². The average Bonchev–Trinajstić information content (AvgIpc) is 2.80. The van der Waals surface area contributed by atoms with Gasteiger partial charge in [0.2, 0.25) is 0 Å². The van der Waals surface area contributed by atoms with Crippen LogP contribution in [0.4, 0.5) is 0 Å². The van der Waals surface area contributed by atoms with E-state index in [1.54, 1.807) is 4.68 Å². The van der Waals surface area contributed by atoms with Crippen LogP contribution in [0.5, 0.6) is 0 Å². The maximum atomic E-state index is 12.6. The molecule has 0 radical (unpaired) electrons. The van der Waals surface area contributed by atoms with Gasteiger partial charge in [-0.05, 0) is 39.7 Å². The summed E-state index contributed by atoms with van der Waals surface area (Å²) in [6.07, 6.45) is 1.00. The van der Waals surface area contributed by atoms with Crippen LogP contribution in [0.2, 0.25) is 0 Å². The molecule has 2 atom stereocenters. The van der Waals surface area contributed by atoms with Crippen LogP contribution >= 0.6 is 0 Å². The van der Waals surface area contributed by atoms with Crippen molar-refractivity contribution in [2.45, 2.75) is 33.2 Å². The van der Waals surface area contributed by atoms with Crippen molar-refractivity contribution in [1.82, 2.24) is 14.7 Å². The molecule has 2 heterocycles. The highest BCUT2D eigenvalue weighted by atomic mass is 16.2. The molecule has 1 aromatic rings. The normalized spacial score (nSPS) is 23.7. The van der Waals surface area contributed by atoms with Crippen molar-refractivity contribution in [2.24, 2.45) is 18.7 Å². The van der Waals surface area contributed by atoms with Crippen LogP contribution in [0.25, 0.3) is 0 Å². The Bertz CT molecular complexity index is 466. The Balaban J connectivity index is 2.27. The van der Waals surface area contributed by atoms with Crippen LogP contribution in [-0.4, -0.2) is 39.7 Å². The van der Waals surface area contributed by atoms with Gasteiger partial charge in [0.1, 0.15) is 0 Å². The fraction of sp³-hybridized carbons (Fsp3) is 0.692. The summed E-state index contributed by atoms with van der Waals surface area (Å²) >= 11 is 0. The number of aryl methyl sites for hydroxylation is 2. The van der Waals surface area contributed by atoms with E-state index < -0.39 is 0 Å². The number of aromatic nitrogens is 2. The summed E-state index contributed by atoms with van der Waals surface area (Å²) in [6, 6.07) is 0.269. The Hall–Kier alpha value is -1.36. The van der Waals surface area contributed by atoms with Gasteiger partial charge in [-0.25, -0.2) is 0 Å². The third-order valence-electron chi connectivity index (χ3n) is 3.98. The second kappa shape index (κ2) is 4.72. The lowest BCUT2D eigenvalue weighted by Crippen LogP contribution is -2.35. The van der Waals surface area contributed by atoms with E-state index in [4.69, 9.17) is 5.73 Å². The lowest BCUT2D eigenvalue weighted by atomic mass is 10.1. The number of nitrogens with two attached hydrogens (primary N) is 1. The maximum absolute atomic E-state index is 12.6. The van der Waals surface area contributed by atoms with Crippen LogP contribution in [0.1, 0.15) is 35.1 Å². The van der Waals surface area contributed by atoms with Crippen molar-refractivity contribution in [2.75, 3.05) is 13.1 Å². The smallest absolute Gasteiger partial charge is 0.257 e. The lowest BCUT2D eigenvalue weighted by molar-refractivity contribution is 0.0742. The molecule has 5 heteroatoms. The van der Waals surface area contributed by atoms with Gasteiger partial charge in [0.05, 0.1) is 11.3 Å². The highest BCUT2D eigenvalue weighted by molar-refractivity contribution is 5.96. The highest BCUT2D eigenvalue weighted by Crippen LogP contribution is 2.25. The van der Waals surface area contributed by atoms with E-state index in [0.717, 1.165) is 29.9 Å². The van der Waals surface area contributed by atoms with Crippen molar-refractivity contribution in [3.05, 3.63) is 17.0 Å². The third-order valence-corrected chi connectivity index (χ3v) is 3.98. The SMILES string of the molecule is Cc1nn(C)c(C)c1C(=O)N1CC(CN)CC1C. The predicted octanol–water partition coefficient (Wildman–Crippen LogP) is 0.846. The molecule has 1 fully saturated rings. The molecule has 2 rings (SSSR count). The molecular formula is C13H22N4O. The van der Waals surface area contributed by atoms with Gasteiger partial charge >= 0.3 is 0 Å². The zero-order valence-corrected chi connectivity index (χ0v) is 11.6. The van der Waals surface area contributed by atoms with Crippen LogP contribution in [0, 0.1) is 19.8 Å². The van der Waals surface area contributed by atoms with Crippen molar-refractivity contribution in [1.29, 1.82) is 0 Å². The molecule has 1 amide bonds. The number of nitrogens with zero attached hydrogens (tertiary/aromatic N) is 3. The van der Waals surface area contributed by atoms with Gasteiger partial charge in [-0.3, -0.25) is 9.48 Å². The summed E-state index contributed by atoms with van der Waals surface area (Å²) in [7, 11) is 1.87. The van der Waals surface area contributed by atoms with Crippen LogP contribution in [0.15, 0.2) is 0 Å². The fourth-order valence-corrected chi connectivity index (χ4v) is 2.82. The average molecular weight is 250 g/mol. The van der Waals surface area contributed by atoms with E-state index in [1.807, 2.05) is 25.8 Å². The Morgan fingerprint density at radius 1 is 1.50 bits per heavy atom. The van der Waals surface area contributed by atoms with Crippen molar-refractivity contribution < 1.29 is 4.79 Å². The Morgan fingerprint density at radius 2 is 2.17 bits per heavy atom. The molecule has 100 valence electrons. The first-order valence-corrected chi connectivity index (χ1v) is 6.47. The second-order valence-corrected chi connectivity index (χ2v) is 5.31. The molecule has 0 spiro atoms. The number of carbonyl (C=O) groups is 1. The van der Waals surface area contributed by atoms with Gasteiger partial charge in [0, 0.05) is 25.3 Å². The first-order chi connectivity index (χ1) is 8.45. The van der Waals surface area contributed by atoms with E-state index in [0.29, 0.717) is 12.5 Å². The molecular weight excluding hydrogens is 228 g/mol. The topological polar surface area (TPSA) is 64.2 Å². The largest absolute Gasteiger partial charge is 0.335 e. The minimum absolute atomic E-state index is 0.0987. The Kier molecular flexibility index (Phi) is 3.43. The van der Waals surface area contributed by atoms with Crippen molar-refractivity contribution in [3.8, 4) is 0 Å². The minimum atomic E-state index is 0.0987. The summed E-state index contributed by atoms with van der Waals surface area (Å²) in [5.74, 6) is 0.530. The highest BCUT2D eigenvalue weighted by Gasteiger charge is 2.34. The molecule has 2 unspecified atom stereocenters. The van der Waals surface area contributed by atoms with Gasteiger partial charge in [0.25, 0.3) is 5.91 Å². The number of amides is 1. The zero-order chi connectivity index (χ0) is 13.4. The Morgan fingerprint density at radius 3 is 2.61 bits per heavy atom. The summed E-state index contributed by atoms with van der Waals surface area (Å²) in [5, 5.41) is 4.31. The van der Waals surface area contributed by atoms with E-state index in [-0.39, 0.29) is 11.9 Å². The number of rotatable bonds is 2. The summed E-state index contributed by atoms with van der Waals surface area (Å²) in [4.78, 5) is 14.5. The van der Waals surface area contributed by atoms with E-state index >= 15 is 0 Å². The number of carbonyl (C=O) groups excluding carboxylic acids is 1. The fourth-order valence-electron chi connectivity index (χ4n) is 2.82. The monoisotopic (exact) mass is 250 g/mol. The van der Waals surface area contributed by atoms with Crippen LogP contribution in [0.3, 0.4) is 0 Å². The quantitative estimate of drug-likeness (QED) is 0.846. The lowest BCUT2D eigenvalue weighted by Gasteiger charge is -2.21. The molecule has 0 bridgehead atoms. The second-order valence-electron chi connectivity index (χ2n) is 5.31. The molecule has 0 aliphatic carbocycles. The summed E-state index contributed by atoms with van der Waals surface area (Å²) in [6.45, 7) is 7.34. The molecule has 18 heavy (non-hydrogen) atoms. The predicted molar refractivity (Wildman–Crippen MR) is 70.3 cm³/mol. The first-order valence-electron chi connectivity index (χ1n) is 6.47. The minimum Gasteiger partial charge on any atom is -0.335 e. The molecule has 0 aromatic carbocycles. The molecule has 1 aliphatic rings. The summed E-state index contributed by atoms with van der Waals surface area (Å²) < 4.78 is 1.77. The molecule has 2 N–H and O–H groups in total. The molecule has 0 saturated carbocycles. The standard InChI is InChI=1S/C13H22N4O/c1-8-5-11(6-14)7-17(8)13(18)12-9(2)15-16(4)10(12)3/h8,11H,5-7,14H2,1-4H3. The van der Waals surface area contributed by atoms with Gasteiger partial charge in [0.15, 0.2) is 0 Å². The van der Waals surface area contributed by atoms with E-state index in [1.165, 1.54) is 0 Å². The van der Waals surface area contributed by atoms with Crippen molar-refractivity contribution >= 4 is 5.91 Å². The van der Waals surface area contributed by atoms with Crippen LogP contribution < -0.4 is 5.73 Å². The first kappa shape index (κ1) is 13.1. The van der Waals surface area contributed by atoms with E-state index in [2.05, 4.69) is 12.0 Å². The van der Waals surface area contributed by atoms with E-state index in [9.17, 15) is 4.79 Å². The molecule has 1 aromatic heterocycles. The van der Waals surface area contributed by atoms with Gasteiger partial charge in [-0.1, -0.05) is 0 Å². The molecule has 1 aliphatic heterocycles. The number of likely N-dealkylation sites (tertiary alicyclic amines) is 1. The zero-order valence-electron chi connectivity index (χ0n) is 11.6. The van der Waals surface area contributed by atoms with Crippen molar-refractivity contribution in [3.63, 3.8) is 0 Å². The molecule has 1 saturated heterocycles.